The summed E-state index contributed by atoms with van der Waals surface area (Å²) in [5, 5.41) is 5.14. The average molecular weight is 281 g/mol. The number of hydrogen-bond donors (Lipinski definition) is 1. The van der Waals surface area contributed by atoms with Crippen molar-refractivity contribution in [3.8, 4) is 0 Å². The second kappa shape index (κ2) is 4.36. The van der Waals surface area contributed by atoms with Crippen LogP contribution in [0.1, 0.15) is 43.4 Å². The summed E-state index contributed by atoms with van der Waals surface area (Å²) in [5.41, 5.74) is 2.58. The fourth-order valence-corrected chi connectivity index (χ4v) is 5.43. The van der Waals surface area contributed by atoms with E-state index < -0.39 is 0 Å². The molecule has 110 valence electrons. The van der Waals surface area contributed by atoms with Gasteiger partial charge in [-0.3, -0.25) is 0 Å². The van der Waals surface area contributed by atoms with Gasteiger partial charge in [0, 0.05) is 22.9 Å². The molecule has 2 bridgehead atoms. The minimum Gasteiger partial charge on any atom is -0.460 e. The number of furan rings is 1. The Morgan fingerprint density at radius 1 is 1.10 bits per heavy atom. The van der Waals surface area contributed by atoms with Crippen LogP contribution >= 0.6 is 0 Å². The van der Waals surface area contributed by atoms with Crippen LogP contribution in [0.5, 0.6) is 0 Å². The van der Waals surface area contributed by atoms with Crippen molar-refractivity contribution in [2.24, 2.45) is 17.8 Å². The Kier molecular flexibility index (Phi) is 2.55. The predicted molar refractivity (Wildman–Crippen MR) is 84.4 cm³/mol. The Morgan fingerprint density at radius 2 is 1.95 bits per heavy atom. The minimum absolute atomic E-state index is 0.681. The van der Waals surface area contributed by atoms with Gasteiger partial charge >= 0.3 is 0 Å². The standard InChI is InChI=1S/C19H23NO/c1-11-12-6-7-13-16(12)10-17(13)19-15(8-9-20-11)14-4-2-3-5-18(14)21-19/h2-5,11-13,16-17,20H,6-10H2,1H3. The summed E-state index contributed by atoms with van der Waals surface area (Å²) in [6, 6.07) is 9.28. The molecule has 5 unspecified atom stereocenters. The lowest BCUT2D eigenvalue weighted by molar-refractivity contribution is 0.0982. The van der Waals surface area contributed by atoms with Crippen molar-refractivity contribution in [3.63, 3.8) is 0 Å². The smallest absolute Gasteiger partial charge is 0.134 e. The first kappa shape index (κ1) is 12.3. The Balaban J connectivity index is 1.64. The molecule has 2 aromatic rings. The van der Waals surface area contributed by atoms with Crippen molar-refractivity contribution in [2.45, 2.75) is 44.6 Å². The highest BCUT2D eigenvalue weighted by molar-refractivity contribution is 5.82. The Bertz CT molecular complexity index is 688. The van der Waals surface area contributed by atoms with Crippen LogP contribution in [-0.4, -0.2) is 12.6 Å². The monoisotopic (exact) mass is 281 g/mol. The molecule has 0 saturated heterocycles. The van der Waals surface area contributed by atoms with E-state index in [2.05, 4.69) is 36.5 Å². The van der Waals surface area contributed by atoms with Crippen molar-refractivity contribution < 1.29 is 4.42 Å². The van der Waals surface area contributed by atoms with Crippen LogP contribution < -0.4 is 5.32 Å². The molecule has 2 nitrogen and oxygen atoms in total. The van der Waals surface area contributed by atoms with Crippen molar-refractivity contribution >= 4 is 11.0 Å². The molecule has 1 N–H and O–H groups in total. The zero-order valence-electron chi connectivity index (χ0n) is 12.6. The molecular weight excluding hydrogens is 258 g/mol. The van der Waals surface area contributed by atoms with Crippen LogP contribution in [0.25, 0.3) is 11.0 Å². The summed E-state index contributed by atoms with van der Waals surface area (Å²) < 4.78 is 6.32. The predicted octanol–water partition coefficient (Wildman–Crippen LogP) is 4.10. The molecule has 2 aliphatic carbocycles. The molecule has 21 heavy (non-hydrogen) atoms. The number of hydrogen-bond acceptors (Lipinski definition) is 2. The molecule has 1 aliphatic heterocycles. The van der Waals surface area contributed by atoms with Gasteiger partial charge in [-0.2, -0.15) is 0 Å². The van der Waals surface area contributed by atoms with Crippen molar-refractivity contribution in [1.82, 2.24) is 5.32 Å². The third-order valence-electron chi connectivity index (χ3n) is 6.53. The maximum absolute atomic E-state index is 6.32. The lowest BCUT2D eigenvalue weighted by Gasteiger charge is -2.44. The summed E-state index contributed by atoms with van der Waals surface area (Å²) in [6.07, 6.45) is 5.28. The molecule has 2 saturated carbocycles. The fourth-order valence-electron chi connectivity index (χ4n) is 5.43. The van der Waals surface area contributed by atoms with Gasteiger partial charge in [0.05, 0.1) is 0 Å². The lowest BCUT2D eigenvalue weighted by Crippen LogP contribution is -2.43. The quantitative estimate of drug-likeness (QED) is 0.786. The van der Waals surface area contributed by atoms with Crippen LogP contribution in [0.15, 0.2) is 28.7 Å². The Morgan fingerprint density at radius 3 is 2.90 bits per heavy atom. The first-order chi connectivity index (χ1) is 10.3. The van der Waals surface area contributed by atoms with E-state index in [0.717, 1.165) is 36.3 Å². The second-order valence-corrected chi connectivity index (χ2v) is 7.34. The summed E-state index contributed by atoms with van der Waals surface area (Å²) in [7, 11) is 0. The second-order valence-electron chi connectivity index (χ2n) is 7.34. The van der Waals surface area contributed by atoms with E-state index in [0.29, 0.717) is 12.0 Å². The molecule has 1 aromatic heterocycles. The van der Waals surface area contributed by atoms with E-state index >= 15 is 0 Å². The first-order valence-electron chi connectivity index (χ1n) is 8.56. The zero-order valence-corrected chi connectivity index (χ0v) is 12.6. The van der Waals surface area contributed by atoms with E-state index in [-0.39, 0.29) is 0 Å². The van der Waals surface area contributed by atoms with Crippen molar-refractivity contribution in [1.29, 1.82) is 0 Å². The number of para-hydroxylation sites is 1. The highest BCUT2D eigenvalue weighted by Crippen LogP contribution is 2.60. The molecule has 2 heterocycles. The first-order valence-corrected chi connectivity index (χ1v) is 8.56. The molecule has 1 aromatic carbocycles. The van der Waals surface area contributed by atoms with Gasteiger partial charge in [-0.15, -0.1) is 0 Å². The van der Waals surface area contributed by atoms with E-state index in [1.54, 1.807) is 0 Å². The number of fused-ring (bicyclic) bond motifs is 6. The van der Waals surface area contributed by atoms with Gasteiger partial charge in [0.25, 0.3) is 0 Å². The van der Waals surface area contributed by atoms with Crippen LogP contribution in [0.3, 0.4) is 0 Å². The molecule has 0 spiro atoms. The Hall–Kier alpha value is -1.28. The van der Waals surface area contributed by atoms with Crippen LogP contribution in [0.4, 0.5) is 0 Å². The maximum Gasteiger partial charge on any atom is 0.134 e. The summed E-state index contributed by atoms with van der Waals surface area (Å²) in [6.45, 7) is 3.48. The fraction of sp³-hybridized carbons (Fsp3) is 0.579. The molecule has 0 radical (unpaired) electrons. The molecule has 5 atom stereocenters. The van der Waals surface area contributed by atoms with Crippen molar-refractivity contribution in [3.05, 3.63) is 35.6 Å². The highest BCUT2D eigenvalue weighted by atomic mass is 16.3. The number of rotatable bonds is 0. The number of nitrogens with one attached hydrogen (secondary N) is 1. The van der Waals surface area contributed by atoms with Crippen LogP contribution in [0, 0.1) is 17.8 Å². The Labute approximate surface area is 125 Å². The van der Waals surface area contributed by atoms with Gasteiger partial charge in [-0.25, -0.2) is 0 Å². The maximum atomic E-state index is 6.32. The van der Waals surface area contributed by atoms with Crippen LogP contribution in [-0.2, 0) is 6.42 Å². The molecule has 3 aliphatic rings. The van der Waals surface area contributed by atoms with Gasteiger partial charge in [-0.05, 0) is 63.0 Å². The third-order valence-corrected chi connectivity index (χ3v) is 6.53. The largest absolute Gasteiger partial charge is 0.460 e. The van der Waals surface area contributed by atoms with Gasteiger partial charge in [0.2, 0.25) is 0 Å². The third kappa shape index (κ3) is 1.63. The summed E-state index contributed by atoms with van der Waals surface area (Å²) in [4.78, 5) is 0. The van der Waals surface area contributed by atoms with Gasteiger partial charge in [0.1, 0.15) is 11.3 Å². The molecule has 2 fully saturated rings. The van der Waals surface area contributed by atoms with E-state index in [1.807, 2.05) is 0 Å². The topological polar surface area (TPSA) is 25.2 Å². The van der Waals surface area contributed by atoms with Gasteiger partial charge in [-0.1, -0.05) is 18.2 Å². The zero-order chi connectivity index (χ0) is 14.0. The lowest BCUT2D eigenvalue weighted by atomic mass is 9.61. The van der Waals surface area contributed by atoms with E-state index in [4.69, 9.17) is 4.42 Å². The molecule has 2 heteroatoms. The van der Waals surface area contributed by atoms with E-state index in [1.165, 1.54) is 36.0 Å². The highest BCUT2D eigenvalue weighted by Gasteiger charge is 2.52. The summed E-state index contributed by atoms with van der Waals surface area (Å²) in [5.74, 6) is 4.76. The molecule has 5 rings (SSSR count). The van der Waals surface area contributed by atoms with E-state index in [9.17, 15) is 0 Å². The molecular formula is C19H23NO. The van der Waals surface area contributed by atoms with Crippen molar-refractivity contribution in [2.75, 3.05) is 6.54 Å². The minimum atomic E-state index is 0.681. The van der Waals surface area contributed by atoms with Crippen LogP contribution in [0.2, 0.25) is 0 Å². The SMILES string of the molecule is CC1NCCc2c(oc3ccccc23)C2CC3C1CCC23. The average Bonchev–Trinajstić information content (AvgIpc) is 2.98. The number of benzene rings is 1. The summed E-state index contributed by atoms with van der Waals surface area (Å²) >= 11 is 0. The molecule has 0 amide bonds. The normalized spacial score (nSPS) is 38.0. The van der Waals surface area contributed by atoms with Gasteiger partial charge < -0.3 is 9.73 Å². The van der Waals surface area contributed by atoms with Gasteiger partial charge in [0.15, 0.2) is 0 Å².